The molecule has 1 aliphatic rings. The highest BCUT2D eigenvalue weighted by Gasteiger charge is 2.30. The minimum Gasteiger partial charge on any atom is -0.331 e. The van der Waals surface area contributed by atoms with E-state index in [0.717, 1.165) is 5.56 Å². The zero-order valence-electron chi connectivity index (χ0n) is 9.14. The second-order valence-corrected chi connectivity index (χ2v) is 3.92. The van der Waals surface area contributed by atoms with E-state index in [1.54, 1.807) is 10.8 Å². The van der Waals surface area contributed by atoms with Crippen molar-refractivity contribution >= 4 is 11.8 Å². The van der Waals surface area contributed by atoms with E-state index in [1.165, 1.54) is 0 Å². The average molecular weight is 215 g/mol. The van der Waals surface area contributed by atoms with Crippen LogP contribution < -0.4 is 0 Å². The number of rotatable bonds is 2. The van der Waals surface area contributed by atoms with Crippen molar-refractivity contribution in [3.63, 3.8) is 0 Å². The number of carbonyl (C=O) groups is 1. The summed E-state index contributed by atoms with van der Waals surface area (Å²) in [4.78, 5) is 24.0. The van der Waals surface area contributed by atoms with E-state index in [2.05, 4.69) is 0 Å². The molecule has 1 saturated heterocycles. The Morgan fingerprint density at radius 1 is 1.31 bits per heavy atom. The van der Waals surface area contributed by atoms with Gasteiger partial charge < -0.3 is 4.90 Å². The van der Waals surface area contributed by atoms with E-state index in [0.29, 0.717) is 13.0 Å². The Hall–Kier alpha value is -1.86. The smallest absolute Gasteiger partial charge is 0.261 e. The molecule has 0 aliphatic carbocycles. The van der Waals surface area contributed by atoms with Crippen LogP contribution in [0.4, 0.5) is 0 Å². The lowest BCUT2D eigenvalue weighted by Gasteiger charge is -2.24. The SMILES string of the molecule is C[C@H](c1ccccc1)N1CCC(=C=O)C1=O. The number of hydrogen-bond acceptors (Lipinski definition) is 2. The van der Waals surface area contributed by atoms with Gasteiger partial charge in [-0.3, -0.25) is 4.79 Å². The summed E-state index contributed by atoms with van der Waals surface area (Å²) in [6.07, 6.45) is 0.513. The second kappa shape index (κ2) is 4.33. The molecule has 1 amide bonds. The van der Waals surface area contributed by atoms with Crippen LogP contribution in [0.15, 0.2) is 35.9 Å². The fourth-order valence-corrected chi connectivity index (χ4v) is 1.99. The zero-order chi connectivity index (χ0) is 11.5. The number of hydrogen-bond donors (Lipinski definition) is 0. The van der Waals surface area contributed by atoms with Gasteiger partial charge in [0.05, 0.1) is 6.04 Å². The Kier molecular flexibility index (Phi) is 2.88. The molecule has 1 aromatic rings. The van der Waals surface area contributed by atoms with Crippen molar-refractivity contribution in [3.8, 4) is 0 Å². The van der Waals surface area contributed by atoms with Crippen molar-refractivity contribution < 1.29 is 9.59 Å². The van der Waals surface area contributed by atoms with Crippen molar-refractivity contribution in [2.24, 2.45) is 0 Å². The van der Waals surface area contributed by atoms with Crippen molar-refractivity contribution in [3.05, 3.63) is 41.5 Å². The van der Waals surface area contributed by atoms with Gasteiger partial charge in [0.2, 0.25) is 0 Å². The van der Waals surface area contributed by atoms with Crippen LogP contribution in [0.2, 0.25) is 0 Å². The average Bonchev–Trinajstić information content (AvgIpc) is 2.70. The molecule has 0 saturated carbocycles. The first-order valence-corrected chi connectivity index (χ1v) is 5.34. The van der Waals surface area contributed by atoms with Crippen molar-refractivity contribution in [1.29, 1.82) is 0 Å². The van der Waals surface area contributed by atoms with Crippen molar-refractivity contribution in [2.75, 3.05) is 6.54 Å². The van der Waals surface area contributed by atoms with Crippen LogP contribution in [-0.4, -0.2) is 23.3 Å². The minimum absolute atomic E-state index is 0.0135. The largest absolute Gasteiger partial charge is 0.331 e. The maximum Gasteiger partial charge on any atom is 0.261 e. The molecule has 0 aromatic heterocycles. The number of likely N-dealkylation sites (tertiary alicyclic amines) is 1. The molecule has 1 aromatic carbocycles. The summed E-state index contributed by atoms with van der Waals surface area (Å²) in [6.45, 7) is 2.58. The third-order valence-electron chi connectivity index (χ3n) is 2.99. The summed E-state index contributed by atoms with van der Waals surface area (Å²) in [7, 11) is 0. The van der Waals surface area contributed by atoms with Gasteiger partial charge in [-0.05, 0) is 12.5 Å². The van der Waals surface area contributed by atoms with Crippen molar-refractivity contribution in [1.82, 2.24) is 4.90 Å². The standard InChI is InChI=1S/C13H13NO2/c1-10(11-5-3-2-4-6-11)14-8-7-12(9-15)13(14)16/h2-6,10H,7-8H2,1H3/t10-/m1/s1. The summed E-state index contributed by atoms with van der Waals surface area (Å²) in [5.41, 5.74) is 1.35. The number of nitrogens with zero attached hydrogens (tertiary/aromatic N) is 1. The first-order chi connectivity index (χ1) is 7.74. The summed E-state index contributed by atoms with van der Waals surface area (Å²) in [5.74, 6) is 1.55. The van der Waals surface area contributed by atoms with E-state index < -0.39 is 0 Å². The maximum absolute atomic E-state index is 11.8. The van der Waals surface area contributed by atoms with Crippen molar-refractivity contribution in [2.45, 2.75) is 19.4 Å². The molecule has 3 nitrogen and oxygen atoms in total. The van der Waals surface area contributed by atoms with Gasteiger partial charge in [0, 0.05) is 13.0 Å². The Morgan fingerprint density at radius 3 is 2.56 bits per heavy atom. The highest BCUT2D eigenvalue weighted by Crippen LogP contribution is 2.26. The molecule has 1 fully saturated rings. The van der Waals surface area contributed by atoms with E-state index in [9.17, 15) is 9.59 Å². The molecule has 2 rings (SSSR count). The molecule has 1 atom stereocenters. The molecule has 1 heterocycles. The van der Waals surface area contributed by atoms with Gasteiger partial charge in [0.1, 0.15) is 11.5 Å². The van der Waals surface area contributed by atoms with Crippen LogP contribution in [0.5, 0.6) is 0 Å². The Balaban J connectivity index is 2.22. The van der Waals surface area contributed by atoms with Gasteiger partial charge in [-0.25, -0.2) is 4.79 Å². The van der Waals surface area contributed by atoms with E-state index in [1.807, 2.05) is 37.3 Å². The first kappa shape index (κ1) is 10.7. The topological polar surface area (TPSA) is 37.4 Å². The summed E-state index contributed by atoms with van der Waals surface area (Å²) < 4.78 is 0. The zero-order valence-corrected chi connectivity index (χ0v) is 9.14. The van der Waals surface area contributed by atoms with Crippen LogP contribution in [0.25, 0.3) is 0 Å². The lowest BCUT2D eigenvalue weighted by atomic mass is 10.1. The molecule has 0 spiro atoms. The molecule has 3 heteroatoms. The second-order valence-electron chi connectivity index (χ2n) is 3.92. The van der Waals surface area contributed by atoms with E-state index in [-0.39, 0.29) is 17.5 Å². The van der Waals surface area contributed by atoms with E-state index in [4.69, 9.17) is 0 Å². The van der Waals surface area contributed by atoms with Gasteiger partial charge in [0.25, 0.3) is 5.91 Å². The van der Waals surface area contributed by atoms with Crippen LogP contribution >= 0.6 is 0 Å². The Morgan fingerprint density at radius 2 is 2.00 bits per heavy atom. The van der Waals surface area contributed by atoms with Crippen LogP contribution in [0.1, 0.15) is 24.9 Å². The Labute approximate surface area is 94.4 Å². The van der Waals surface area contributed by atoms with Gasteiger partial charge in [-0.1, -0.05) is 30.3 Å². The lowest BCUT2D eigenvalue weighted by Crippen LogP contribution is -2.28. The highest BCUT2D eigenvalue weighted by molar-refractivity contribution is 6.02. The molecular weight excluding hydrogens is 202 g/mol. The van der Waals surface area contributed by atoms with Crippen LogP contribution in [0, 0.1) is 0 Å². The molecular formula is C13H13NO2. The monoisotopic (exact) mass is 215 g/mol. The molecule has 0 bridgehead atoms. The first-order valence-electron chi connectivity index (χ1n) is 5.34. The normalized spacial score (nSPS) is 17.4. The van der Waals surface area contributed by atoms with Gasteiger partial charge in [-0.15, -0.1) is 0 Å². The van der Waals surface area contributed by atoms with Gasteiger partial charge >= 0.3 is 0 Å². The van der Waals surface area contributed by atoms with E-state index >= 15 is 0 Å². The predicted molar refractivity (Wildman–Crippen MR) is 60.4 cm³/mol. The number of carbonyl (C=O) groups excluding carboxylic acids is 2. The van der Waals surface area contributed by atoms with Crippen LogP contribution in [-0.2, 0) is 9.59 Å². The third kappa shape index (κ3) is 1.77. The third-order valence-corrected chi connectivity index (χ3v) is 2.99. The summed E-state index contributed by atoms with van der Waals surface area (Å²) >= 11 is 0. The predicted octanol–water partition coefficient (Wildman–Crippen LogP) is 1.74. The maximum atomic E-state index is 11.8. The Bertz CT molecular complexity index is 446. The molecule has 16 heavy (non-hydrogen) atoms. The minimum atomic E-state index is -0.175. The lowest BCUT2D eigenvalue weighted by molar-refractivity contribution is -0.126. The highest BCUT2D eigenvalue weighted by atomic mass is 16.2. The summed E-state index contributed by atoms with van der Waals surface area (Å²) in [5, 5.41) is 0. The van der Waals surface area contributed by atoms with Crippen LogP contribution in [0.3, 0.4) is 0 Å². The molecule has 82 valence electrons. The molecule has 0 radical (unpaired) electrons. The molecule has 0 unspecified atom stereocenters. The van der Waals surface area contributed by atoms with Gasteiger partial charge in [-0.2, -0.15) is 0 Å². The summed E-state index contributed by atoms with van der Waals surface area (Å²) in [6, 6.07) is 9.82. The quantitative estimate of drug-likeness (QED) is 0.556. The molecule has 1 aliphatic heterocycles. The van der Waals surface area contributed by atoms with Gasteiger partial charge in [0.15, 0.2) is 0 Å². The fourth-order valence-electron chi connectivity index (χ4n) is 1.99. The fraction of sp³-hybridized carbons (Fsp3) is 0.308. The molecule has 0 N–H and O–H groups in total. The number of amides is 1. The number of benzene rings is 1.